The number of benzene rings is 8. The molecule has 2 heteroatoms. The van der Waals surface area contributed by atoms with Crippen LogP contribution in [-0.2, 0) is 5.41 Å². The molecule has 0 N–H and O–H groups in total. The summed E-state index contributed by atoms with van der Waals surface area (Å²) in [6.45, 7) is 0. The molecule has 0 fully saturated rings. The van der Waals surface area contributed by atoms with Crippen molar-refractivity contribution < 1.29 is 0 Å². The first kappa shape index (κ1) is 34.9. The molecule has 0 atom stereocenters. The highest BCUT2D eigenvalue weighted by Gasteiger charge is 2.46. The van der Waals surface area contributed by atoms with Gasteiger partial charge in [0.05, 0.1) is 5.41 Å². The molecule has 0 unspecified atom stereocenters. The highest BCUT2D eigenvalue weighted by Crippen LogP contribution is 2.57. The molecule has 1 aliphatic carbocycles. The van der Waals surface area contributed by atoms with Gasteiger partial charge in [-0.2, -0.15) is 0 Å². The summed E-state index contributed by atoms with van der Waals surface area (Å²) in [5.41, 5.74) is 12.9. The van der Waals surface area contributed by atoms with Crippen molar-refractivity contribution in [1.29, 1.82) is 0 Å². The second-order valence-electron chi connectivity index (χ2n) is 15.3. The van der Waals surface area contributed by atoms with Crippen LogP contribution in [0.25, 0.3) is 53.2 Å². The number of thiophene rings is 1. The largest absolute Gasteiger partial charge is 0.310 e. The van der Waals surface area contributed by atoms with Crippen LogP contribution in [0.2, 0.25) is 0 Å². The van der Waals surface area contributed by atoms with Crippen molar-refractivity contribution in [2.45, 2.75) is 5.41 Å². The smallest absolute Gasteiger partial charge is 0.0714 e. The Kier molecular flexibility index (Phi) is 8.65. The summed E-state index contributed by atoms with van der Waals surface area (Å²) >= 11 is 1.86. The van der Waals surface area contributed by atoms with Crippen molar-refractivity contribution in [3.05, 3.63) is 259 Å². The molecule has 10 aromatic rings. The first-order valence-electron chi connectivity index (χ1n) is 20.3. The van der Waals surface area contributed by atoms with Gasteiger partial charge in [-0.05, 0) is 104 Å². The number of hydrogen-bond donors (Lipinski definition) is 0. The third-order valence-corrected chi connectivity index (χ3v) is 13.1. The summed E-state index contributed by atoms with van der Waals surface area (Å²) < 4.78 is 2.58. The van der Waals surface area contributed by atoms with Gasteiger partial charge in [0.1, 0.15) is 0 Å². The Bertz CT molecular complexity index is 3190. The molecule has 278 valence electrons. The molecule has 11 rings (SSSR count). The van der Waals surface area contributed by atoms with E-state index < -0.39 is 5.41 Å². The molecule has 1 aromatic heterocycles. The predicted molar refractivity (Wildman–Crippen MR) is 252 cm³/mol. The SMILES string of the molecule is c1ccccc2cc(-c3cccc(N(c4ccc5c(c4)C(c4ccccc4)(c4ccccc4)c4ccccc4-5)c4ccc5c(c4)sc4ccccc45)c3)ccc2ccc1. The zero-order valence-electron chi connectivity index (χ0n) is 32.4. The van der Waals surface area contributed by atoms with Crippen LogP contribution < -0.4 is 4.90 Å². The summed E-state index contributed by atoms with van der Waals surface area (Å²) in [5, 5.41) is 4.98. The molecule has 59 heavy (non-hydrogen) atoms. The molecule has 0 radical (unpaired) electrons. The Hall–Kier alpha value is -7.26. The molecule has 0 aliphatic heterocycles. The van der Waals surface area contributed by atoms with E-state index in [2.05, 4.69) is 241 Å². The zero-order valence-corrected chi connectivity index (χ0v) is 33.2. The second-order valence-corrected chi connectivity index (χ2v) is 16.3. The highest BCUT2D eigenvalue weighted by atomic mass is 32.1. The van der Waals surface area contributed by atoms with Crippen molar-refractivity contribution in [1.82, 2.24) is 0 Å². The summed E-state index contributed by atoms with van der Waals surface area (Å²) in [5.74, 6) is 0. The zero-order chi connectivity index (χ0) is 39.2. The quantitative estimate of drug-likeness (QED) is 0.163. The van der Waals surface area contributed by atoms with Crippen LogP contribution in [0.15, 0.2) is 237 Å². The fraction of sp³-hybridized carbons (Fsp3) is 0.0175. The van der Waals surface area contributed by atoms with E-state index in [9.17, 15) is 0 Å². The van der Waals surface area contributed by atoms with Crippen LogP contribution in [0.3, 0.4) is 0 Å². The minimum atomic E-state index is -0.501. The number of anilines is 3. The molecule has 0 saturated heterocycles. The van der Waals surface area contributed by atoms with E-state index in [-0.39, 0.29) is 0 Å². The maximum Gasteiger partial charge on any atom is 0.0714 e. The van der Waals surface area contributed by atoms with Gasteiger partial charge >= 0.3 is 0 Å². The van der Waals surface area contributed by atoms with Crippen LogP contribution in [0.1, 0.15) is 22.3 Å². The third kappa shape index (κ3) is 5.92. The fourth-order valence-corrected chi connectivity index (χ4v) is 10.5. The van der Waals surface area contributed by atoms with Gasteiger partial charge in [-0.1, -0.05) is 188 Å². The van der Waals surface area contributed by atoms with E-state index >= 15 is 0 Å². The minimum absolute atomic E-state index is 0.501. The lowest BCUT2D eigenvalue weighted by atomic mass is 9.67. The van der Waals surface area contributed by atoms with E-state index in [1.165, 1.54) is 75.5 Å². The Morgan fingerprint density at radius 1 is 0.322 bits per heavy atom. The Balaban J connectivity index is 1.14. The minimum Gasteiger partial charge on any atom is -0.310 e. The predicted octanol–water partition coefficient (Wildman–Crippen LogP) is 15.8. The number of rotatable bonds is 6. The summed E-state index contributed by atoms with van der Waals surface area (Å²) in [6, 6.07) is 86.7. The van der Waals surface area contributed by atoms with E-state index in [0.29, 0.717) is 0 Å². The van der Waals surface area contributed by atoms with Crippen LogP contribution in [-0.4, -0.2) is 0 Å². The summed E-state index contributed by atoms with van der Waals surface area (Å²) in [6.07, 6.45) is 0. The molecule has 1 aliphatic rings. The van der Waals surface area contributed by atoms with Crippen molar-refractivity contribution in [2.24, 2.45) is 0 Å². The lowest BCUT2D eigenvalue weighted by Crippen LogP contribution is -2.28. The number of hydrogen-bond acceptors (Lipinski definition) is 2. The maximum atomic E-state index is 2.47. The van der Waals surface area contributed by atoms with Gasteiger partial charge in [-0.15, -0.1) is 11.3 Å². The standard InChI is InChI=1S/C57H39NS/c1-2-4-8-19-41-36-43(31-30-40(41)18-7-3-1)42-20-17-25-46(37-42)58(48-33-35-52-51-27-14-16-29-55(51)59-56(52)39-48)47-32-34-50-49-26-13-15-28-53(49)57(54(50)38-47,44-21-9-5-10-22-44)45-23-11-6-12-24-45/h1-39H. The summed E-state index contributed by atoms with van der Waals surface area (Å²) in [7, 11) is 0. The van der Waals surface area contributed by atoms with Crippen LogP contribution in [0, 0.1) is 0 Å². The number of nitrogens with zero attached hydrogens (tertiary/aromatic N) is 1. The topological polar surface area (TPSA) is 3.24 Å². The molecular formula is C57H39NS. The Labute approximate surface area is 349 Å². The average molecular weight is 770 g/mol. The second kappa shape index (κ2) is 14.6. The molecule has 0 spiro atoms. The van der Waals surface area contributed by atoms with Gasteiger partial charge in [0.15, 0.2) is 0 Å². The van der Waals surface area contributed by atoms with Crippen molar-refractivity contribution in [3.63, 3.8) is 0 Å². The molecule has 1 heterocycles. The van der Waals surface area contributed by atoms with Crippen LogP contribution in [0.4, 0.5) is 17.1 Å². The van der Waals surface area contributed by atoms with Gasteiger partial charge in [-0.25, -0.2) is 0 Å². The lowest BCUT2D eigenvalue weighted by Gasteiger charge is -2.35. The van der Waals surface area contributed by atoms with Crippen molar-refractivity contribution >= 4 is 59.3 Å². The Morgan fingerprint density at radius 3 is 1.71 bits per heavy atom. The van der Waals surface area contributed by atoms with Gasteiger partial charge in [0.2, 0.25) is 0 Å². The molecule has 0 bridgehead atoms. The van der Waals surface area contributed by atoms with Gasteiger partial charge < -0.3 is 4.90 Å². The maximum absolute atomic E-state index is 2.47. The van der Waals surface area contributed by atoms with Crippen LogP contribution >= 0.6 is 11.3 Å². The molecule has 9 aromatic carbocycles. The van der Waals surface area contributed by atoms with Gasteiger partial charge in [0.25, 0.3) is 0 Å². The molecule has 0 saturated carbocycles. The molecule has 0 amide bonds. The molecule has 1 nitrogen and oxygen atoms in total. The van der Waals surface area contributed by atoms with Gasteiger partial charge in [0, 0.05) is 37.2 Å². The Morgan fingerprint density at radius 2 is 0.898 bits per heavy atom. The van der Waals surface area contributed by atoms with Crippen molar-refractivity contribution in [3.8, 4) is 22.3 Å². The number of fused-ring (bicyclic) bond motifs is 7. The average Bonchev–Trinajstić information content (AvgIpc) is 3.82. The van der Waals surface area contributed by atoms with E-state index in [0.717, 1.165) is 17.1 Å². The first-order valence-corrected chi connectivity index (χ1v) is 21.1. The highest BCUT2D eigenvalue weighted by molar-refractivity contribution is 7.25. The first-order chi connectivity index (χ1) is 29.3. The third-order valence-electron chi connectivity index (χ3n) is 12.0. The fourth-order valence-electron chi connectivity index (χ4n) is 9.32. The molecular weight excluding hydrogens is 731 g/mol. The monoisotopic (exact) mass is 769 g/mol. The van der Waals surface area contributed by atoms with Gasteiger partial charge in [-0.3, -0.25) is 0 Å². The van der Waals surface area contributed by atoms with E-state index in [1.54, 1.807) is 0 Å². The van der Waals surface area contributed by atoms with E-state index in [1.807, 2.05) is 11.3 Å². The van der Waals surface area contributed by atoms with E-state index in [4.69, 9.17) is 0 Å². The summed E-state index contributed by atoms with van der Waals surface area (Å²) in [4.78, 5) is 2.46. The van der Waals surface area contributed by atoms with Crippen molar-refractivity contribution in [2.75, 3.05) is 4.90 Å². The van der Waals surface area contributed by atoms with Crippen LogP contribution in [0.5, 0.6) is 0 Å². The lowest BCUT2D eigenvalue weighted by molar-refractivity contribution is 0.768. The normalized spacial score (nSPS) is 12.5.